The van der Waals surface area contributed by atoms with Gasteiger partial charge in [-0.15, -0.1) is 0 Å². The number of pyridine rings is 1. The molecular formula is C22H27N5O4S. The zero-order valence-corrected chi connectivity index (χ0v) is 19.0. The van der Waals surface area contributed by atoms with Crippen LogP contribution in [0.1, 0.15) is 35.7 Å². The van der Waals surface area contributed by atoms with Gasteiger partial charge in [0.2, 0.25) is 0 Å². The first-order chi connectivity index (χ1) is 15.4. The van der Waals surface area contributed by atoms with Gasteiger partial charge in [0.1, 0.15) is 0 Å². The number of sulfone groups is 1. The van der Waals surface area contributed by atoms with Gasteiger partial charge in [0.15, 0.2) is 15.5 Å². The van der Waals surface area contributed by atoms with Crippen molar-refractivity contribution < 1.29 is 17.9 Å². The van der Waals surface area contributed by atoms with Gasteiger partial charge in [-0.05, 0) is 44.0 Å². The van der Waals surface area contributed by atoms with Crippen molar-refractivity contribution in [1.29, 1.82) is 0 Å². The van der Waals surface area contributed by atoms with Gasteiger partial charge in [-0.1, -0.05) is 0 Å². The molecule has 0 saturated carbocycles. The molecular weight excluding hydrogens is 430 g/mol. The number of carbonyl (C=O) groups excluding carboxylic acids is 1. The minimum atomic E-state index is -3.31. The first-order valence-electron chi connectivity index (χ1n) is 10.6. The Bertz CT molecular complexity index is 1220. The maximum Gasteiger partial charge on any atom is 0.251 e. The first-order valence-corrected chi connectivity index (χ1v) is 12.5. The lowest BCUT2D eigenvalue weighted by molar-refractivity contribution is 0.0904. The number of anilines is 1. The fourth-order valence-electron chi connectivity index (χ4n) is 3.78. The highest BCUT2D eigenvalue weighted by Crippen LogP contribution is 2.28. The average Bonchev–Trinajstić information content (AvgIpc) is 3.22. The molecule has 10 heteroatoms. The highest BCUT2D eigenvalue weighted by Gasteiger charge is 2.19. The van der Waals surface area contributed by atoms with E-state index in [-0.39, 0.29) is 23.4 Å². The van der Waals surface area contributed by atoms with E-state index in [0.717, 1.165) is 54.6 Å². The summed E-state index contributed by atoms with van der Waals surface area (Å²) in [5, 5.41) is 11.9. The minimum Gasteiger partial charge on any atom is -0.381 e. The van der Waals surface area contributed by atoms with Crippen LogP contribution in [0.3, 0.4) is 0 Å². The number of amides is 1. The number of hydrogen-bond donors (Lipinski definition) is 2. The van der Waals surface area contributed by atoms with Gasteiger partial charge in [0.05, 0.1) is 22.2 Å². The Kier molecular flexibility index (Phi) is 6.43. The molecule has 1 aliphatic rings. The molecule has 1 aromatic carbocycles. The molecule has 0 atom stereocenters. The van der Waals surface area contributed by atoms with Gasteiger partial charge in [0.25, 0.3) is 5.91 Å². The molecule has 1 aliphatic heterocycles. The van der Waals surface area contributed by atoms with Crippen molar-refractivity contribution in [2.75, 3.05) is 24.8 Å². The predicted octanol–water partition coefficient (Wildman–Crippen LogP) is 2.38. The minimum absolute atomic E-state index is 0.180. The summed E-state index contributed by atoms with van der Waals surface area (Å²) in [6, 6.07) is 6.18. The molecule has 2 aromatic heterocycles. The summed E-state index contributed by atoms with van der Waals surface area (Å²) >= 11 is 0. The van der Waals surface area contributed by atoms with Crippen LogP contribution in [0.2, 0.25) is 0 Å². The van der Waals surface area contributed by atoms with Crippen molar-refractivity contribution in [2.24, 2.45) is 0 Å². The van der Waals surface area contributed by atoms with E-state index in [4.69, 9.17) is 4.74 Å². The van der Waals surface area contributed by atoms with Crippen LogP contribution in [0.15, 0.2) is 41.6 Å². The van der Waals surface area contributed by atoms with Crippen molar-refractivity contribution in [3.05, 3.63) is 47.8 Å². The number of benzene rings is 1. The normalized spacial score (nSPS) is 15.1. The molecule has 3 aromatic rings. The molecule has 32 heavy (non-hydrogen) atoms. The number of ether oxygens (including phenoxy) is 1. The monoisotopic (exact) mass is 457 g/mol. The second-order valence-corrected chi connectivity index (χ2v) is 9.88. The average molecular weight is 458 g/mol. The van der Waals surface area contributed by atoms with Crippen LogP contribution in [0.5, 0.6) is 0 Å². The third kappa shape index (κ3) is 4.76. The van der Waals surface area contributed by atoms with Gasteiger partial charge in [-0.3, -0.25) is 4.79 Å². The van der Waals surface area contributed by atoms with Crippen molar-refractivity contribution in [3.8, 4) is 0 Å². The lowest BCUT2D eigenvalue weighted by Gasteiger charge is -2.25. The molecule has 3 heterocycles. The highest BCUT2D eigenvalue weighted by atomic mass is 32.2. The summed E-state index contributed by atoms with van der Waals surface area (Å²) in [4.78, 5) is 17.4. The third-order valence-electron chi connectivity index (χ3n) is 5.60. The van der Waals surface area contributed by atoms with Crippen LogP contribution in [0.4, 0.5) is 5.69 Å². The Morgan fingerprint density at radius 2 is 1.91 bits per heavy atom. The van der Waals surface area contributed by atoms with E-state index in [2.05, 4.69) is 20.7 Å². The second kappa shape index (κ2) is 9.25. The predicted molar refractivity (Wildman–Crippen MR) is 121 cm³/mol. The summed E-state index contributed by atoms with van der Waals surface area (Å²) in [7, 11) is -3.31. The SMILES string of the molecule is CCn1ncc2c(NC3CCOCC3)c(CNC(=O)c3ccc(S(C)(=O)=O)cc3)cnc21. The molecule has 1 saturated heterocycles. The van der Waals surface area contributed by atoms with Crippen molar-refractivity contribution in [3.63, 3.8) is 0 Å². The van der Waals surface area contributed by atoms with Crippen LogP contribution < -0.4 is 10.6 Å². The van der Waals surface area contributed by atoms with Crippen molar-refractivity contribution in [1.82, 2.24) is 20.1 Å². The second-order valence-electron chi connectivity index (χ2n) is 7.87. The fraction of sp³-hybridized carbons (Fsp3) is 0.409. The van der Waals surface area contributed by atoms with Crippen LogP contribution in [0.25, 0.3) is 11.0 Å². The maximum absolute atomic E-state index is 12.7. The summed E-state index contributed by atoms with van der Waals surface area (Å²) in [6.07, 6.45) is 6.53. The molecule has 1 amide bonds. The standard InChI is InChI=1S/C22H27N5O4S/c1-3-27-21-19(14-25-27)20(26-17-8-10-31-11-9-17)16(12-23-21)13-24-22(28)15-4-6-18(7-5-15)32(2,29)30/h4-7,12,14,17H,3,8-11,13H2,1-2H3,(H,23,26)(H,24,28). The van der Waals surface area contributed by atoms with E-state index >= 15 is 0 Å². The lowest BCUT2D eigenvalue weighted by Crippen LogP contribution is -2.29. The number of aromatic nitrogens is 3. The Morgan fingerprint density at radius 3 is 2.56 bits per heavy atom. The summed E-state index contributed by atoms with van der Waals surface area (Å²) < 4.78 is 30.6. The van der Waals surface area contributed by atoms with Gasteiger partial charge in [-0.2, -0.15) is 5.10 Å². The highest BCUT2D eigenvalue weighted by molar-refractivity contribution is 7.90. The number of rotatable bonds is 7. The van der Waals surface area contributed by atoms with E-state index in [1.165, 1.54) is 24.3 Å². The van der Waals surface area contributed by atoms with Crippen LogP contribution in [0, 0.1) is 0 Å². The Morgan fingerprint density at radius 1 is 1.19 bits per heavy atom. The van der Waals surface area contributed by atoms with Gasteiger partial charge in [0, 0.05) is 55.9 Å². The largest absolute Gasteiger partial charge is 0.381 e. The van der Waals surface area contributed by atoms with E-state index < -0.39 is 9.84 Å². The summed E-state index contributed by atoms with van der Waals surface area (Å²) in [5.41, 5.74) is 2.98. The molecule has 2 N–H and O–H groups in total. The first kappa shape index (κ1) is 22.2. The smallest absolute Gasteiger partial charge is 0.251 e. The quantitative estimate of drug-likeness (QED) is 0.560. The number of aryl methyl sites for hydroxylation is 1. The molecule has 0 spiro atoms. The van der Waals surface area contributed by atoms with Gasteiger partial charge < -0.3 is 15.4 Å². The molecule has 0 aliphatic carbocycles. The maximum atomic E-state index is 12.7. The molecule has 4 rings (SSSR count). The van der Waals surface area contributed by atoms with E-state index in [1.54, 1.807) is 6.20 Å². The number of hydrogen-bond acceptors (Lipinski definition) is 7. The van der Waals surface area contributed by atoms with E-state index in [0.29, 0.717) is 12.1 Å². The van der Waals surface area contributed by atoms with E-state index in [1.807, 2.05) is 17.8 Å². The molecule has 0 bridgehead atoms. The van der Waals surface area contributed by atoms with Crippen LogP contribution >= 0.6 is 0 Å². The molecule has 0 radical (unpaired) electrons. The van der Waals surface area contributed by atoms with Crippen molar-refractivity contribution in [2.45, 2.75) is 43.8 Å². The fourth-order valence-corrected chi connectivity index (χ4v) is 4.41. The third-order valence-corrected chi connectivity index (χ3v) is 6.73. The molecule has 9 nitrogen and oxygen atoms in total. The zero-order chi connectivity index (χ0) is 22.7. The van der Waals surface area contributed by atoms with Gasteiger partial charge >= 0.3 is 0 Å². The molecule has 1 fully saturated rings. The molecule has 170 valence electrons. The zero-order valence-electron chi connectivity index (χ0n) is 18.2. The van der Waals surface area contributed by atoms with Crippen molar-refractivity contribution >= 4 is 32.5 Å². The number of carbonyl (C=O) groups is 1. The van der Waals surface area contributed by atoms with Crippen LogP contribution in [-0.2, 0) is 27.7 Å². The number of nitrogens with zero attached hydrogens (tertiary/aromatic N) is 3. The Hall–Kier alpha value is -2.98. The topological polar surface area (TPSA) is 115 Å². The van der Waals surface area contributed by atoms with Gasteiger partial charge in [-0.25, -0.2) is 18.1 Å². The summed E-state index contributed by atoms with van der Waals surface area (Å²) in [5.74, 6) is -0.286. The van der Waals surface area contributed by atoms with Crippen LogP contribution in [-0.4, -0.2) is 54.6 Å². The summed E-state index contributed by atoms with van der Waals surface area (Å²) in [6.45, 7) is 4.44. The molecule has 0 unspecified atom stereocenters. The lowest BCUT2D eigenvalue weighted by atomic mass is 10.1. The number of nitrogens with one attached hydrogen (secondary N) is 2. The Labute approximate surface area is 187 Å². The number of fused-ring (bicyclic) bond motifs is 1. The van der Waals surface area contributed by atoms with E-state index in [9.17, 15) is 13.2 Å². The Balaban J connectivity index is 1.56.